The van der Waals surface area contributed by atoms with E-state index in [2.05, 4.69) is 43.8 Å². The number of amides is 2. The van der Waals surface area contributed by atoms with Crippen LogP contribution in [0.5, 0.6) is 0 Å². The lowest BCUT2D eigenvalue weighted by atomic mass is 10.1. The molecule has 9 heteroatoms. The molecule has 5 rings (SSSR count). The van der Waals surface area contributed by atoms with Gasteiger partial charge in [-0.1, -0.05) is 6.08 Å². The number of carbonyl (C=O) groups is 1. The molecule has 0 bridgehead atoms. The van der Waals surface area contributed by atoms with Crippen LogP contribution in [0.15, 0.2) is 42.2 Å². The number of nitrogens with zero attached hydrogens (tertiary/aromatic N) is 4. The van der Waals surface area contributed by atoms with Gasteiger partial charge in [0.25, 0.3) is 0 Å². The van der Waals surface area contributed by atoms with E-state index in [0.29, 0.717) is 13.1 Å². The molecule has 4 aromatic rings. The maximum absolute atomic E-state index is 11.8. The average molecular weight is 423 g/mol. The summed E-state index contributed by atoms with van der Waals surface area (Å²) in [5.74, 6) is 0.787. The fourth-order valence-corrected chi connectivity index (χ4v) is 5.15. The Morgan fingerprint density at radius 3 is 2.97 bits per heavy atom. The first kappa shape index (κ1) is 18.0. The van der Waals surface area contributed by atoms with Crippen molar-refractivity contribution < 1.29 is 4.79 Å². The van der Waals surface area contributed by atoms with Crippen LogP contribution in [0.3, 0.4) is 0 Å². The molecule has 2 N–H and O–H groups in total. The number of aromatic nitrogens is 3. The molecule has 0 atom stereocenters. The second kappa shape index (κ2) is 7.41. The number of benzene rings is 1. The molecule has 2 amide bonds. The lowest BCUT2D eigenvalue weighted by molar-refractivity contribution is 0.205. The second-order valence-corrected chi connectivity index (χ2v) is 8.61. The van der Waals surface area contributed by atoms with Crippen molar-refractivity contribution in [3.8, 4) is 0 Å². The van der Waals surface area contributed by atoms with Crippen molar-refractivity contribution in [1.29, 1.82) is 0 Å². The largest absolute Gasteiger partial charge is 0.341 e. The standard InChI is InChI=1S/C20H18N6OS2/c1-21-20(27)26-6-4-12(5-7-26)17-9-14-18(22-10-23-19(14)29-17)25-13-2-3-16-15(8-13)24-11-28-16/h2-4,8-11H,5-7H2,1H3,(H,21,27)(H,22,23,25). The van der Waals surface area contributed by atoms with Gasteiger partial charge in [0.1, 0.15) is 17.0 Å². The summed E-state index contributed by atoms with van der Waals surface area (Å²) in [4.78, 5) is 29.0. The number of anilines is 2. The van der Waals surface area contributed by atoms with Crippen LogP contribution in [0.4, 0.5) is 16.3 Å². The summed E-state index contributed by atoms with van der Waals surface area (Å²) < 4.78 is 1.16. The molecule has 146 valence electrons. The van der Waals surface area contributed by atoms with Crippen LogP contribution in [-0.4, -0.2) is 46.0 Å². The van der Waals surface area contributed by atoms with E-state index in [4.69, 9.17) is 0 Å². The SMILES string of the molecule is CNC(=O)N1CC=C(c2cc3c(Nc4ccc5scnc5c4)ncnc3s2)CC1. The number of nitrogens with one attached hydrogen (secondary N) is 2. The maximum atomic E-state index is 11.8. The Kier molecular flexibility index (Phi) is 4.61. The van der Waals surface area contributed by atoms with Crippen LogP contribution in [0.25, 0.3) is 26.0 Å². The predicted octanol–water partition coefficient (Wildman–Crippen LogP) is 4.47. The smallest absolute Gasteiger partial charge is 0.317 e. The quantitative estimate of drug-likeness (QED) is 0.509. The third-order valence-electron chi connectivity index (χ3n) is 4.95. The first-order valence-electron chi connectivity index (χ1n) is 9.22. The van der Waals surface area contributed by atoms with Crippen molar-refractivity contribution in [3.63, 3.8) is 0 Å². The molecule has 29 heavy (non-hydrogen) atoms. The van der Waals surface area contributed by atoms with Gasteiger partial charge in [-0.25, -0.2) is 19.7 Å². The molecule has 0 fully saturated rings. The van der Waals surface area contributed by atoms with Crippen LogP contribution in [0.2, 0.25) is 0 Å². The van der Waals surface area contributed by atoms with E-state index in [1.54, 1.807) is 40.9 Å². The van der Waals surface area contributed by atoms with Crippen LogP contribution < -0.4 is 10.6 Å². The van der Waals surface area contributed by atoms with Crippen molar-refractivity contribution in [2.45, 2.75) is 6.42 Å². The highest BCUT2D eigenvalue weighted by molar-refractivity contribution is 7.19. The summed E-state index contributed by atoms with van der Waals surface area (Å²) in [6, 6.07) is 8.25. The molecule has 0 unspecified atom stereocenters. The van der Waals surface area contributed by atoms with Crippen molar-refractivity contribution in [2.75, 3.05) is 25.5 Å². The van der Waals surface area contributed by atoms with E-state index < -0.39 is 0 Å². The first-order chi connectivity index (χ1) is 14.2. The molecular weight excluding hydrogens is 404 g/mol. The maximum Gasteiger partial charge on any atom is 0.317 e. The second-order valence-electron chi connectivity index (χ2n) is 6.69. The number of thiophene rings is 1. The number of urea groups is 1. The van der Waals surface area contributed by atoms with E-state index in [1.807, 2.05) is 17.6 Å². The fraction of sp³-hybridized carbons (Fsp3) is 0.200. The Morgan fingerprint density at radius 2 is 2.14 bits per heavy atom. The van der Waals surface area contributed by atoms with Crippen molar-refractivity contribution in [1.82, 2.24) is 25.2 Å². The average Bonchev–Trinajstić information content (AvgIpc) is 3.40. The first-order valence-corrected chi connectivity index (χ1v) is 10.9. The minimum Gasteiger partial charge on any atom is -0.341 e. The van der Waals surface area contributed by atoms with Gasteiger partial charge in [0, 0.05) is 30.7 Å². The molecule has 1 aromatic carbocycles. The Hall–Kier alpha value is -3.04. The number of fused-ring (bicyclic) bond motifs is 2. The number of thiazole rings is 1. The molecule has 0 radical (unpaired) electrons. The number of rotatable bonds is 3. The lowest BCUT2D eigenvalue weighted by Gasteiger charge is -2.25. The zero-order chi connectivity index (χ0) is 19.8. The molecule has 0 saturated heterocycles. The van der Waals surface area contributed by atoms with E-state index in [1.165, 1.54) is 10.5 Å². The third-order valence-corrected chi connectivity index (χ3v) is 6.88. The molecule has 0 aliphatic carbocycles. The highest BCUT2D eigenvalue weighted by Crippen LogP contribution is 2.36. The summed E-state index contributed by atoms with van der Waals surface area (Å²) in [5, 5.41) is 7.10. The van der Waals surface area contributed by atoms with Gasteiger partial charge in [-0.15, -0.1) is 22.7 Å². The topological polar surface area (TPSA) is 83.0 Å². The van der Waals surface area contributed by atoms with Gasteiger partial charge in [0.15, 0.2) is 0 Å². The van der Waals surface area contributed by atoms with Gasteiger partial charge in [-0.2, -0.15) is 0 Å². The van der Waals surface area contributed by atoms with Crippen molar-refractivity contribution >= 4 is 66.2 Å². The molecule has 1 aliphatic rings. The van der Waals surface area contributed by atoms with Gasteiger partial charge in [0.05, 0.1) is 21.1 Å². The molecule has 4 heterocycles. The van der Waals surface area contributed by atoms with Crippen molar-refractivity contribution in [3.05, 3.63) is 47.1 Å². The third kappa shape index (κ3) is 3.43. The van der Waals surface area contributed by atoms with Crippen LogP contribution >= 0.6 is 22.7 Å². The molecule has 1 aliphatic heterocycles. The Balaban J connectivity index is 1.44. The van der Waals surface area contributed by atoms with E-state index in [-0.39, 0.29) is 6.03 Å². The van der Waals surface area contributed by atoms with Crippen molar-refractivity contribution in [2.24, 2.45) is 0 Å². The van der Waals surface area contributed by atoms with E-state index in [0.717, 1.165) is 38.4 Å². The fourth-order valence-electron chi connectivity index (χ4n) is 3.42. The Labute approximate surface area is 175 Å². The minimum absolute atomic E-state index is 0.0360. The molecular formula is C20H18N6OS2. The van der Waals surface area contributed by atoms with Crippen LogP contribution in [-0.2, 0) is 0 Å². The summed E-state index contributed by atoms with van der Waals surface area (Å²) in [6.07, 6.45) is 4.55. The molecule has 0 spiro atoms. The summed E-state index contributed by atoms with van der Waals surface area (Å²) in [5.41, 5.74) is 5.03. The minimum atomic E-state index is -0.0360. The zero-order valence-corrected chi connectivity index (χ0v) is 17.3. The number of hydrogen-bond donors (Lipinski definition) is 2. The molecule has 7 nitrogen and oxygen atoms in total. The summed E-state index contributed by atoms with van der Waals surface area (Å²) in [6.45, 7) is 1.33. The highest BCUT2D eigenvalue weighted by atomic mass is 32.1. The monoisotopic (exact) mass is 422 g/mol. The molecule has 3 aromatic heterocycles. The predicted molar refractivity (Wildman–Crippen MR) is 119 cm³/mol. The van der Waals surface area contributed by atoms with Gasteiger partial charge < -0.3 is 15.5 Å². The van der Waals surface area contributed by atoms with Crippen LogP contribution in [0, 0.1) is 0 Å². The van der Waals surface area contributed by atoms with E-state index >= 15 is 0 Å². The zero-order valence-electron chi connectivity index (χ0n) is 15.7. The number of carbonyl (C=O) groups excluding carboxylic acids is 1. The molecule has 0 saturated carbocycles. The van der Waals surface area contributed by atoms with Gasteiger partial charge in [-0.3, -0.25) is 0 Å². The summed E-state index contributed by atoms with van der Waals surface area (Å²) >= 11 is 3.29. The normalized spacial score (nSPS) is 14.2. The highest BCUT2D eigenvalue weighted by Gasteiger charge is 2.19. The van der Waals surface area contributed by atoms with Gasteiger partial charge >= 0.3 is 6.03 Å². The summed E-state index contributed by atoms with van der Waals surface area (Å²) in [7, 11) is 1.66. The lowest BCUT2D eigenvalue weighted by Crippen LogP contribution is -2.40. The van der Waals surface area contributed by atoms with Crippen LogP contribution in [0.1, 0.15) is 11.3 Å². The van der Waals surface area contributed by atoms with Gasteiger partial charge in [-0.05, 0) is 36.3 Å². The Morgan fingerprint density at radius 1 is 1.21 bits per heavy atom. The van der Waals surface area contributed by atoms with Gasteiger partial charge in [0.2, 0.25) is 0 Å². The number of hydrogen-bond acceptors (Lipinski definition) is 7. The van der Waals surface area contributed by atoms with E-state index in [9.17, 15) is 4.79 Å². The Bertz CT molecular complexity index is 1240.